The number of nitrogens with one attached hydrogen (secondary N) is 5. The second kappa shape index (κ2) is 54.6. The number of benzene rings is 13. The molecule has 13 aromatic carbocycles. The first-order chi connectivity index (χ1) is 71.4. The molecule has 0 bridgehead atoms. The molecule has 0 aliphatic carbocycles. The summed E-state index contributed by atoms with van der Waals surface area (Å²) in [6, 6.07) is 97.8. The molecule has 0 spiro atoms. The normalized spacial score (nSPS) is 13.5. The molecule has 23 heteroatoms. The minimum Gasteiger partial charge on any atom is -0.379 e. The van der Waals surface area contributed by atoms with Gasteiger partial charge in [-0.05, 0) is 222 Å². The average Bonchev–Trinajstić information content (AvgIpc) is 1.68. The largest absolute Gasteiger partial charge is 0.379 e. The Hall–Kier alpha value is -12.8. The summed E-state index contributed by atoms with van der Waals surface area (Å²) in [5.41, 5.74) is 24.9. The number of aryl methyl sites for hydroxylation is 2. The van der Waals surface area contributed by atoms with E-state index in [1.165, 1.54) is 63.4 Å². The van der Waals surface area contributed by atoms with Crippen molar-refractivity contribution in [2.24, 2.45) is 25.0 Å². The number of amides is 5. The van der Waals surface area contributed by atoms with Gasteiger partial charge >= 0.3 is 0 Å². The van der Waals surface area contributed by atoms with Crippen molar-refractivity contribution >= 4 is 145 Å². The smallest absolute Gasteiger partial charge is 0.251 e. The van der Waals surface area contributed by atoms with Gasteiger partial charge in [0.05, 0.1) is 47.7 Å². The van der Waals surface area contributed by atoms with Crippen LogP contribution in [-0.2, 0) is 24.2 Å². The van der Waals surface area contributed by atoms with Crippen molar-refractivity contribution in [3.8, 4) is 0 Å². The zero-order valence-electron chi connectivity index (χ0n) is 85.4. The van der Waals surface area contributed by atoms with Crippen LogP contribution in [0.4, 0.5) is 28.4 Å². The standard InChI is InChI=1S/C26H26N2OS.2C25H24N2OS.C24H29N3O2S.C23H29N3OS/c1-3-7-22-21-8-5-6-9-24(21)30-25-15-14-20(16-23(25)28-22)26(29)27-17-19-12-10-18(4-2)11-13-19;1-3-9-21-20-12-7-8-13-23(20)29-24-15-14-19(16-22(24)27-21)25(28)26-17(2)18-10-5-4-6-11-18;1-3-6-21-20-7-4-5-8-23(20)29-24-14-13-19(15-22(24)27-21)25(28)26-16-18-11-9-17(2)10-12-18;1-2-6-20-19-7-3-4-8-22(19)30-23-10-9-18(17-21(23)26-20)24(28)25-11-5-12-27-13-15-29-16-14-27;1-4-9-19-18-10-7-8-11-21(18)28-22-13-12-17(16-20(22)25-19)23(27)24-14-15-26(5-2)6-3/h5-6,8-16H,3-4,7,17H2,1-2H3,(H,27,29);4-8,10-17H,3,9H2,1-2H3,(H,26,28);4-5,7-15H,3,6,16H2,1-2H3,(H,26,28);3-4,7-10,17H,2,5-6,11-16H2,1H3,(H,25,28);7-8,10-13,16H,4-6,9,14-15H2,1-3H3,(H,24,27). The maximum atomic E-state index is 12.9. The van der Waals surface area contributed by atoms with Gasteiger partial charge in [0.2, 0.25) is 0 Å². The molecule has 0 aromatic heterocycles. The summed E-state index contributed by atoms with van der Waals surface area (Å²) in [7, 11) is 0. The lowest BCUT2D eigenvalue weighted by Crippen LogP contribution is -2.38. The van der Waals surface area contributed by atoms with Crippen LogP contribution in [0.5, 0.6) is 0 Å². The number of aliphatic imine (C=N–C) groups is 5. The van der Waals surface area contributed by atoms with E-state index in [0.29, 0.717) is 54.0 Å². The highest BCUT2D eigenvalue weighted by atomic mass is 32.2. The molecule has 6 aliphatic heterocycles. The van der Waals surface area contributed by atoms with Gasteiger partial charge in [0, 0.05) is 179 Å². The van der Waals surface area contributed by atoms with E-state index in [-0.39, 0.29) is 35.6 Å². The fraction of sp³-hybridized carbons (Fsp3) is 0.285. The van der Waals surface area contributed by atoms with Crippen LogP contribution < -0.4 is 26.6 Å². The number of hydrogen-bond acceptors (Lipinski definition) is 18. The Labute approximate surface area is 883 Å². The third kappa shape index (κ3) is 29.4. The van der Waals surface area contributed by atoms with E-state index in [2.05, 4.69) is 256 Å². The molecule has 5 N–H and O–H groups in total. The zero-order valence-corrected chi connectivity index (χ0v) is 89.5. The van der Waals surface area contributed by atoms with Crippen LogP contribution in [0.15, 0.2) is 365 Å². The molecule has 750 valence electrons. The topological polar surface area (TPSA) is 223 Å². The van der Waals surface area contributed by atoms with Crippen LogP contribution in [0.25, 0.3) is 0 Å². The summed E-state index contributed by atoms with van der Waals surface area (Å²) in [5.74, 6) is -0.292. The van der Waals surface area contributed by atoms with Gasteiger partial charge in [-0.25, -0.2) is 0 Å². The fourth-order valence-corrected chi connectivity index (χ4v) is 22.7. The van der Waals surface area contributed by atoms with Gasteiger partial charge in [-0.1, -0.05) is 322 Å². The Morgan fingerprint density at radius 1 is 0.336 bits per heavy atom. The van der Waals surface area contributed by atoms with E-state index in [1.54, 1.807) is 58.8 Å². The summed E-state index contributed by atoms with van der Waals surface area (Å²) in [6.07, 6.45) is 11.7. The van der Waals surface area contributed by atoms with Crippen molar-refractivity contribution in [2.75, 3.05) is 65.6 Å². The van der Waals surface area contributed by atoms with Gasteiger partial charge in [-0.3, -0.25) is 53.8 Å². The van der Waals surface area contributed by atoms with Crippen molar-refractivity contribution in [1.29, 1.82) is 0 Å². The number of nitrogens with zero attached hydrogens (tertiary/aromatic N) is 7. The molecule has 0 radical (unpaired) electrons. The minimum atomic E-state index is -0.0804. The van der Waals surface area contributed by atoms with E-state index in [9.17, 15) is 24.0 Å². The molecule has 6 aliphatic rings. The predicted molar refractivity (Wildman–Crippen MR) is 607 cm³/mol. The van der Waals surface area contributed by atoms with Crippen LogP contribution in [0.3, 0.4) is 0 Å². The number of morpholine rings is 1. The van der Waals surface area contributed by atoms with Gasteiger partial charge in [-0.2, -0.15) is 0 Å². The number of fused-ring (bicyclic) bond motifs is 10. The van der Waals surface area contributed by atoms with Crippen LogP contribution >= 0.6 is 58.8 Å². The van der Waals surface area contributed by atoms with E-state index >= 15 is 0 Å². The molecule has 19 rings (SSSR count). The van der Waals surface area contributed by atoms with Crippen molar-refractivity contribution in [2.45, 2.75) is 214 Å². The summed E-state index contributed by atoms with van der Waals surface area (Å²) < 4.78 is 5.38. The highest BCUT2D eigenvalue weighted by Gasteiger charge is 2.27. The monoisotopic (exact) mass is 2030 g/mol. The molecule has 1 saturated heterocycles. The molecule has 5 amide bonds. The van der Waals surface area contributed by atoms with E-state index < -0.39 is 0 Å². The lowest BCUT2D eigenvalue weighted by Gasteiger charge is -2.26. The highest BCUT2D eigenvalue weighted by Crippen LogP contribution is 2.47. The lowest BCUT2D eigenvalue weighted by atomic mass is 10.1. The Morgan fingerprint density at radius 3 is 0.952 bits per heavy atom. The number of hydrogen-bond donors (Lipinski definition) is 5. The molecule has 1 unspecified atom stereocenters. The number of likely N-dealkylation sites (N-methyl/N-ethyl adjacent to an activating group) is 1. The Kier molecular flexibility index (Phi) is 40.2. The summed E-state index contributed by atoms with van der Waals surface area (Å²) >= 11 is 8.61. The molecular formula is C123H132N12O6S5. The molecular weight excluding hydrogens is 1900 g/mol. The molecule has 0 saturated carbocycles. The number of rotatable bonds is 31. The Bertz CT molecular complexity index is 6890. The first-order valence-electron chi connectivity index (χ1n) is 51.5. The highest BCUT2D eigenvalue weighted by molar-refractivity contribution is 8.00. The van der Waals surface area contributed by atoms with E-state index in [0.717, 1.165) is 228 Å². The fourth-order valence-electron chi connectivity index (χ4n) is 17.6. The Morgan fingerprint density at radius 2 is 0.630 bits per heavy atom. The average molecular weight is 2030 g/mol. The van der Waals surface area contributed by atoms with Crippen LogP contribution in [0, 0.1) is 6.92 Å². The maximum absolute atomic E-state index is 12.9. The number of carbonyl (C=O) groups is 5. The molecule has 1 atom stereocenters. The first-order valence-corrected chi connectivity index (χ1v) is 55.5. The Balaban J connectivity index is 0.000000137. The molecule has 146 heavy (non-hydrogen) atoms. The van der Waals surface area contributed by atoms with Gasteiger partial charge in [-0.15, -0.1) is 0 Å². The maximum Gasteiger partial charge on any atom is 0.251 e. The third-order valence-electron chi connectivity index (χ3n) is 25.7. The van der Waals surface area contributed by atoms with Crippen molar-refractivity contribution in [3.63, 3.8) is 0 Å². The summed E-state index contributed by atoms with van der Waals surface area (Å²) in [4.78, 5) is 105. The van der Waals surface area contributed by atoms with Crippen LogP contribution in [0.2, 0.25) is 0 Å². The molecule has 18 nitrogen and oxygen atoms in total. The second-order valence-corrected chi connectivity index (χ2v) is 41.8. The molecule has 13 aromatic rings. The lowest BCUT2D eigenvalue weighted by molar-refractivity contribution is 0.0374. The van der Waals surface area contributed by atoms with Gasteiger partial charge in [0.25, 0.3) is 29.5 Å². The summed E-state index contributed by atoms with van der Waals surface area (Å²) in [5, 5.41) is 15.2. The van der Waals surface area contributed by atoms with Gasteiger partial charge in [0.1, 0.15) is 0 Å². The summed E-state index contributed by atoms with van der Waals surface area (Å²) in [6.45, 7) is 31.1. The zero-order chi connectivity index (χ0) is 102. The minimum absolute atomic E-state index is 0.0289. The number of ether oxygens (including phenoxy) is 1. The molecule has 6 heterocycles. The first kappa shape index (κ1) is 107. The second-order valence-electron chi connectivity index (χ2n) is 36.4. The van der Waals surface area contributed by atoms with E-state index in [4.69, 9.17) is 29.7 Å². The van der Waals surface area contributed by atoms with Crippen molar-refractivity contribution in [3.05, 3.63) is 375 Å². The van der Waals surface area contributed by atoms with Crippen LogP contribution in [-0.4, -0.2) is 133 Å². The van der Waals surface area contributed by atoms with Crippen molar-refractivity contribution < 1.29 is 28.7 Å². The SMILES string of the molecule is CCCC1=Nc2cc(C(=O)NC(C)c3ccccc3)ccc2Sc2ccccc21.CCCC1=Nc2cc(C(=O)NCCCN3CCOCC3)ccc2Sc2ccccc21.CCCC1=Nc2cc(C(=O)NCCN(CC)CC)ccc2Sc2ccccc21.CCCC1=Nc2cc(C(=O)NCc3ccc(C)cc3)ccc2Sc2ccccc21.CCCC1=Nc2cc(C(=O)NCc3ccc(CC)cc3)ccc2Sc2ccccc21. The molecule has 1 fully saturated rings. The van der Waals surface area contributed by atoms with Crippen LogP contribution in [0.1, 0.15) is 246 Å². The number of carbonyl (C=O) groups excluding carboxylic acids is 5. The van der Waals surface area contributed by atoms with Gasteiger partial charge in [0.15, 0.2) is 0 Å². The van der Waals surface area contributed by atoms with Crippen molar-refractivity contribution in [1.82, 2.24) is 36.4 Å². The predicted octanol–water partition coefficient (Wildman–Crippen LogP) is 29.1. The third-order valence-corrected chi connectivity index (χ3v) is 31.4. The van der Waals surface area contributed by atoms with E-state index in [1.807, 2.05) is 140 Å². The quantitative estimate of drug-likeness (QED) is 0.0255. The van der Waals surface area contributed by atoms with Gasteiger partial charge < -0.3 is 36.2 Å².